The Morgan fingerprint density at radius 3 is 2.74 bits per heavy atom. The van der Waals surface area contributed by atoms with Crippen LogP contribution in [0.25, 0.3) is 0 Å². The van der Waals surface area contributed by atoms with Crippen LogP contribution in [0.5, 0.6) is 17.2 Å². The standard InChI is InChI=1S/C27H31NO5S/c1-30-21-10-11-26(31-2)25(17-21)27(29)28(19-23-8-4-13-32-23)18-20-6-3-7-22(16-20)33-14-12-24-9-5-15-34-24/h3,5-7,9-11,15-17,23H,4,8,12-14,18-19H2,1-2H3/t23-/m0/s1. The zero-order valence-electron chi connectivity index (χ0n) is 19.7. The van der Waals surface area contributed by atoms with Gasteiger partial charge in [-0.05, 0) is 60.2 Å². The highest BCUT2D eigenvalue weighted by molar-refractivity contribution is 7.09. The second-order valence-corrected chi connectivity index (χ2v) is 9.24. The van der Waals surface area contributed by atoms with Crippen molar-refractivity contribution in [3.8, 4) is 17.2 Å². The van der Waals surface area contributed by atoms with E-state index in [1.54, 1.807) is 43.8 Å². The second-order valence-electron chi connectivity index (χ2n) is 8.21. The van der Waals surface area contributed by atoms with E-state index in [1.165, 1.54) is 4.88 Å². The van der Waals surface area contributed by atoms with Crippen molar-refractivity contribution >= 4 is 17.2 Å². The number of rotatable bonds is 11. The quantitative estimate of drug-likeness (QED) is 0.376. The molecule has 3 aromatic rings. The molecule has 0 bridgehead atoms. The number of carbonyl (C=O) groups is 1. The van der Waals surface area contributed by atoms with Gasteiger partial charge in [0.05, 0.1) is 32.5 Å². The van der Waals surface area contributed by atoms with Gasteiger partial charge < -0.3 is 23.8 Å². The zero-order valence-corrected chi connectivity index (χ0v) is 20.5. The molecule has 1 fully saturated rings. The Labute approximate surface area is 205 Å². The van der Waals surface area contributed by atoms with E-state index in [-0.39, 0.29) is 12.0 Å². The first-order valence-corrected chi connectivity index (χ1v) is 12.4. The molecule has 0 unspecified atom stereocenters. The molecule has 2 aromatic carbocycles. The number of thiophene rings is 1. The van der Waals surface area contributed by atoms with Crippen LogP contribution in [0.4, 0.5) is 0 Å². The Hall–Kier alpha value is -3.03. The van der Waals surface area contributed by atoms with Crippen LogP contribution < -0.4 is 14.2 Å². The zero-order chi connectivity index (χ0) is 23.8. The summed E-state index contributed by atoms with van der Waals surface area (Å²) in [6, 6.07) is 17.4. The van der Waals surface area contributed by atoms with Crippen LogP contribution in [-0.2, 0) is 17.7 Å². The molecule has 0 spiro atoms. The molecule has 1 atom stereocenters. The molecule has 2 heterocycles. The van der Waals surface area contributed by atoms with Crippen molar-refractivity contribution in [2.45, 2.75) is 31.9 Å². The van der Waals surface area contributed by atoms with E-state index < -0.39 is 0 Å². The summed E-state index contributed by atoms with van der Waals surface area (Å²) in [5.74, 6) is 1.82. The Balaban J connectivity index is 1.50. The molecule has 1 saturated heterocycles. The molecular formula is C27H31NO5S. The van der Waals surface area contributed by atoms with Crippen molar-refractivity contribution in [1.29, 1.82) is 0 Å². The first kappa shape index (κ1) is 24.1. The minimum atomic E-state index is -0.115. The third kappa shape index (κ3) is 6.30. The van der Waals surface area contributed by atoms with Crippen molar-refractivity contribution in [2.24, 2.45) is 0 Å². The molecular weight excluding hydrogens is 450 g/mol. The molecule has 4 rings (SSSR count). The molecule has 1 amide bonds. The number of benzene rings is 2. The number of hydrogen-bond acceptors (Lipinski definition) is 6. The largest absolute Gasteiger partial charge is 0.497 e. The fourth-order valence-corrected chi connectivity index (χ4v) is 4.77. The molecule has 180 valence electrons. The summed E-state index contributed by atoms with van der Waals surface area (Å²) >= 11 is 1.74. The molecule has 0 N–H and O–H groups in total. The van der Waals surface area contributed by atoms with E-state index in [0.717, 1.165) is 37.2 Å². The molecule has 1 aliphatic rings. The monoisotopic (exact) mass is 481 g/mol. The summed E-state index contributed by atoms with van der Waals surface area (Å²) in [6.45, 7) is 2.32. The predicted molar refractivity (Wildman–Crippen MR) is 133 cm³/mol. The number of hydrogen-bond donors (Lipinski definition) is 0. The molecule has 6 nitrogen and oxygen atoms in total. The van der Waals surface area contributed by atoms with Gasteiger partial charge in [0.25, 0.3) is 5.91 Å². The van der Waals surface area contributed by atoms with E-state index in [4.69, 9.17) is 18.9 Å². The average Bonchev–Trinajstić information content (AvgIpc) is 3.58. The van der Waals surface area contributed by atoms with Crippen LogP contribution in [0, 0.1) is 0 Å². The lowest BCUT2D eigenvalue weighted by atomic mass is 10.1. The van der Waals surface area contributed by atoms with Crippen molar-refractivity contribution in [3.05, 3.63) is 76.0 Å². The van der Waals surface area contributed by atoms with Crippen LogP contribution in [0.1, 0.15) is 33.6 Å². The Bertz CT molecular complexity index is 1060. The van der Waals surface area contributed by atoms with Gasteiger partial charge in [0.1, 0.15) is 17.2 Å². The maximum absolute atomic E-state index is 13.7. The molecule has 0 saturated carbocycles. The van der Waals surface area contributed by atoms with E-state index in [2.05, 4.69) is 17.5 Å². The van der Waals surface area contributed by atoms with Crippen molar-refractivity contribution in [3.63, 3.8) is 0 Å². The van der Waals surface area contributed by atoms with Gasteiger partial charge in [0.2, 0.25) is 0 Å². The van der Waals surface area contributed by atoms with E-state index in [1.807, 2.05) is 29.2 Å². The molecule has 1 aromatic heterocycles. The van der Waals surface area contributed by atoms with Gasteiger partial charge in [-0.1, -0.05) is 18.2 Å². The van der Waals surface area contributed by atoms with E-state index >= 15 is 0 Å². The van der Waals surface area contributed by atoms with Gasteiger partial charge in [0.15, 0.2) is 0 Å². The van der Waals surface area contributed by atoms with Crippen LogP contribution in [0.15, 0.2) is 60.0 Å². The third-order valence-corrected chi connectivity index (χ3v) is 6.78. The minimum Gasteiger partial charge on any atom is -0.497 e. The van der Waals surface area contributed by atoms with Gasteiger partial charge in [0, 0.05) is 31.0 Å². The Kier molecular flexibility index (Phi) is 8.44. The van der Waals surface area contributed by atoms with Gasteiger partial charge >= 0.3 is 0 Å². The maximum atomic E-state index is 13.7. The Morgan fingerprint density at radius 1 is 1.09 bits per heavy atom. The first-order valence-electron chi connectivity index (χ1n) is 11.5. The smallest absolute Gasteiger partial charge is 0.258 e. The predicted octanol–water partition coefficient (Wildman–Crippen LogP) is 5.21. The summed E-state index contributed by atoms with van der Waals surface area (Å²) in [5, 5.41) is 2.08. The minimum absolute atomic E-state index is 0.0331. The van der Waals surface area contributed by atoms with Crippen LogP contribution >= 0.6 is 11.3 Å². The lowest BCUT2D eigenvalue weighted by Gasteiger charge is -2.26. The highest BCUT2D eigenvalue weighted by Crippen LogP contribution is 2.27. The van der Waals surface area contributed by atoms with Crippen LogP contribution in [0.2, 0.25) is 0 Å². The summed E-state index contributed by atoms with van der Waals surface area (Å²) in [5.41, 5.74) is 1.48. The van der Waals surface area contributed by atoms with Gasteiger partial charge in [-0.15, -0.1) is 11.3 Å². The summed E-state index contributed by atoms with van der Waals surface area (Å²) in [4.78, 5) is 16.8. The number of amides is 1. The van der Waals surface area contributed by atoms with Gasteiger partial charge in [-0.3, -0.25) is 4.79 Å². The van der Waals surface area contributed by atoms with E-state index in [9.17, 15) is 4.79 Å². The SMILES string of the molecule is COc1ccc(OC)c(C(=O)N(Cc2cccc(OCCc3cccs3)c2)C[C@@H]2CCCO2)c1. The van der Waals surface area contributed by atoms with E-state index in [0.29, 0.717) is 36.8 Å². The molecule has 0 radical (unpaired) electrons. The highest BCUT2D eigenvalue weighted by atomic mass is 32.1. The van der Waals surface area contributed by atoms with Crippen molar-refractivity contribution in [2.75, 3.05) is 34.0 Å². The fourth-order valence-electron chi connectivity index (χ4n) is 4.08. The average molecular weight is 482 g/mol. The molecule has 1 aliphatic heterocycles. The lowest BCUT2D eigenvalue weighted by Crippen LogP contribution is -2.37. The van der Waals surface area contributed by atoms with Crippen LogP contribution in [0.3, 0.4) is 0 Å². The summed E-state index contributed by atoms with van der Waals surface area (Å²) < 4.78 is 22.7. The van der Waals surface area contributed by atoms with Gasteiger partial charge in [-0.2, -0.15) is 0 Å². The number of carbonyl (C=O) groups excluding carboxylic acids is 1. The van der Waals surface area contributed by atoms with Crippen LogP contribution in [-0.4, -0.2) is 50.9 Å². The lowest BCUT2D eigenvalue weighted by molar-refractivity contribution is 0.0504. The highest BCUT2D eigenvalue weighted by Gasteiger charge is 2.26. The number of nitrogens with zero attached hydrogens (tertiary/aromatic N) is 1. The molecule has 0 aliphatic carbocycles. The van der Waals surface area contributed by atoms with Gasteiger partial charge in [-0.25, -0.2) is 0 Å². The maximum Gasteiger partial charge on any atom is 0.258 e. The fraction of sp³-hybridized carbons (Fsp3) is 0.370. The second kappa shape index (κ2) is 11.9. The van der Waals surface area contributed by atoms with Crippen molar-refractivity contribution in [1.82, 2.24) is 4.90 Å². The summed E-state index contributed by atoms with van der Waals surface area (Å²) in [7, 11) is 3.16. The summed E-state index contributed by atoms with van der Waals surface area (Å²) in [6.07, 6.45) is 2.88. The third-order valence-electron chi connectivity index (χ3n) is 5.84. The number of ether oxygens (including phenoxy) is 4. The first-order chi connectivity index (χ1) is 16.7. The molecule has 34 heavy (non-hydrogen) atoms. The molecule has 7 heteroatoms. The number of methoxy groups -OCH3 is 2. The Morgan fingerprint density at radius 2 is 2.00 bits per heavy atom. The topological polar surface area (TPSA) is 57.2 Å². The normalized spacial score (nSPS) is 15.2. The van der Waals surface area contributed by atoms with Crippen molar-refractivity contribution < 1.29 is 23.7 Å².